The minimum absolute atomic E-state index is 0.372. The lowest BCUT2D eigenvalue weighted by molar-refractivity contribution is 0.911. The predicted molar refractivity (Wildman–Crippen MR) is 38.3 cm³/mol. The van der Waals surface area contributed by atoms with Crippen molar-refractivity contribution in [2.24, 2.45) is 0 Å². The molecule has 1 N–H and O–H groups in total. The van der Waals surface area contributed by atoms with Crippen molar-refractivity contribution in [1.29, 1.82) is 0 Å². The zero-order valence-electron chi connectivity index (χ0n) is 5.90. The monoisotopic (exact) mass is 150 g/mol. The number of aromatic nitrogens is 4. The van der Waals surface area contributed by atoms with Crippen LogP contribution in [0.25, 0.3) is 5.78 Å². The lowest BCUT2D eigenvalue weighted by Gasteiger charge is -1.90. The average Bonchev–Trinajstić information content (AvgIpc) is 2.27. The summed E-state index contributed by atoms with van der Waals surface area (Å²) in [4.78, 5) is 18.3. The zero-order chi connectivity index (χ0) is 7.84. The standard InChI is InChI=1S/C6H6N4O/c1-4-2-3-10-5(7-4)8-6(11)9-10/h2-3H,1H3,(H,9,11). The second-order valence-electron chi connectivity index (χ2n) is 2.27. The molecule has 0 amide bonds. The Balaban J connectivity index is 2.92. The van der Waals surface area contributed by atoms with E-state index >= 15 is 0 Å². The van der Waals surface area contributed by atoms with E-state index in [-0.39, 0.29) is 5.69 Å². The molecule has 56 valence electrons. The van der Waals surface area contributed by atoms with Crippen molar-refractivity contribution in [3.63, 3.8) is 0 Å². The third-order valence-corrected chi connectivity index (χ3v) is 1.37. The summed E-state index contributed by atoms with van der Waals surface area (Å²) in [5.41, 5.74) is 0.472. The smallest absolute Gasteiger partial charge is 0.244 e. The fourth-order valence-electron chi connectivity index (χ4n) is 0.883. The van der Waals surface area contributed by atoms with Gasteiger partial charge in [-0.15, -0.1) is 0 Å². The predicted octanol–water partition coefficient (Wildman–Crippen LogP) is -0.274. The van der Waals surface area contributed by atoms with Gasteiger partial charge in [0, 0.05) is 11.9 Å². The van der Waals surface area contributed by atoms with Crippen LogP contribution in [0.1, 0.15) is 5.69 Å². The Morgan fingerprint density at radius 1 is 1.55 bits per heavy atom. The Morgan fingerprint density at radius 3 is 3.18 bits per heavy atom. The number of nitrogens with one attached hydrogen (secondary N) is 1. The van der Waals surface area contributed by atoms with Crippen molar-refractivity contribution < 1.29 is 0 Å². The summed E-state index contributed by atoms with van der Waals surface area (Å²) in [7, 11) is 0. The van der Waals surface area contributed by atoms with Gasteiger partial charge in [-0.3, -0.25) is 0 Å². The van der Waals surface area contributed by atoms with Gasteiger partial charge in [0.25, 0.3) is 5.78 Å². The summed E-state index contributed by atoms with van der Waals surface area (Å²) in [5.74, 6) is 0.412. The Labute approximate surface area is 61.7 Å². The van der Waals surface area contributed by atoms with Gasteiger partial charge in [0.1, 0.15) is 0 Å². The number of aryl methyl sites for hydroxylation is 1. The minimum atomic E-state index is -0.372. The normalized spacial score (nSPS) is 10.6. The van der Waals surface area contributed by atoms with Crippen molar-refractivity contribution in [3.8, 4) is 0 Å². The summed E-state index contributed by atoms with van der Waals surface area (Å²) in [5, 5.41) is 2.47. The number of H-pyrrole nitrogens is 1. The number of hydrogen-bond acceptors (Lipinski definition) is 3. The molecule has 0 saturated carbocycles. The highest BCUT2D eigenvalue weighted by Gasteiger charge is 1.96. The van der Waals surface area contributed by atoms with E-state index in [4.69, 9.17) is 0 Å². The molecule has 0 saturated heterocycles. The molecule has 0 aliphatic heterocycles. The van der Waals surface area contributed by atoms with Crippen molar-refractivity contribution in [3.05, 3.63) is 28.4 Å². The summed E-state index contributed by atoms with van der Waals surface area (Å²) < 4.78 is 1.48. The third kappa shape index (κ3) is 0.899. The molecule has 0 atom stereocenters. The van der Waals surface area contributed by atoms with Gasteiger partial charge in [0.15, 0.2) is 0 Å². The molecule has 2 heterocycles. The minimum Gasteiger partial charge on any atom is -0.244 e. The fraction of sp³-hybridized carbons (Fsp3) is 0.167. The van der Waals surface area contributed by atoms with Crippen LogP contribution >= 0.6 is 0 Å². The van der Waals surface area contributed by atoms with Crippen LogP contribution in [0.15, 0.2) is 17.1 Å². The van der Waals surface area contributed by atoms with Gasteiger partial charge in [0.2, 0.25) is 0 Å². The van der Waals surface area contributed by atoms with E-state index in [0.717, 1.165) is 5.69 Å². The van der Waals surface area contributed by atoms with E-state index in [2.05, 4.69) is 15.1 Å². The van der Waals surface area contributed by atoms with Gasteiger partial charge in [-0.1, -0.05) is 0 Å². The van der Waals surface area contributed by atoms with Gasteiger partial charge < -0.3 is 0 Å². The SMILES string of the molecule is Cc1ccn2[nH]c(=O)nc2n1. The summed E-state index contributed by atoms with van der Waals surface area (Å²) in [6, 6.07) is 1.80. The van der Waals surface area contributed by atoms with Crippen molar-refractivity contribution in [2.75, 3.05) is 0 Å². The van der Waals surface area contributed by atoms with Crippen LogP contribution < -0.4 is 5.69 Å². The maximum Gasteiger partial charge on any atom is 0.363 e. The molecule has 0 radical (unpaired) electrons. The van der Waals surface area contributed by atoms with Crippen molar-refractivity contribution >= 4 is 5.78 Å². The highest BCUT2D eigenvalue weighted by atomic mass is 16.1. The fourth-order valence-corrected chi connectivity index (χ4v) is 0.883. The van der Waals surface area contributed by atoms with Crippen LogP contribution in [0.5, 0.6) is 0 Å². The number of fused-ring (bicyclic) bond motifs is 1. The molecule has 0 fully saturated rings. The summed E-state index contributed by atoms with van der Waals surface area (Å²) >= 11 is 0. The topological polar surface area (TPSA) is 63.0 Å². The van der Waals surface area contributed by atoms with Crippen LogP contribution in [0.4, 0.5) is 0 Å². The molecular weight excluding hydrogens is 144 g/mol. The van der Waals surface area contributed by atoms with Crippen molar-refractivity contribution in [1.82, 2.24) is 19.6 Å². The second-order valence-corrected chi connectivity index (χ2v) is 2.27. The van der Waals surface area contributed by atoms with Crippen molar-refractivity contribution in [2.45, 2.75) is 6.92 Å². The maximum absolute atomic E-state index is 10.7. The first-order chi connectivity index (χ1) is 5.25. The quantitative estimate of drug-likeness (QED) is 0.562. The molecular formula is C6H6N4O. The highest BCUT2D eigenvalue weighted by Crippen LogP contribution is 1.92. The first-order valence-electron chi connectivity index (χ1n) is 3.18. The molecule has 2 aromatic rings. The molecule has 5 nitrogen and oxygen atoms in total. The summed E-state index contributed by atoms with van der Waals surface area (Å²) in [6.45, 7) is 1.85. The van der Waals surface area contributed by atoms with Crippen LogP contribution in [-0.2, 0) is 0 Å². The van der Waals surface area contributed by atoms with Gasteiger partial charge in [0.05, 0.1) is 0 Å². The third-order valence-electron chi connectivity index (χ3n) is 1.37. The Kier molecular flexibility index (Phi) is 1.06. The van der Waals surface area contributed by atoms with E-state index in [0.29, 0.717) is 5.78 Å². The van der Waals surface area contributed by atoms with Crippen LogP contribution in [-0.4, -0.2) is 19.6 Å². The Bertz CT molecular complexity index is 441. The Hall–Kier alpha value is -1.65. The van der Waals surface area contributed by atoms with E-state index < -0.39 is 0 Å². The number of aromatic amines is 1. The van der Waals surface area contributed by atoms with Crippen LogP contribution in [0.2, 0.25) is 0 Å². The number of hydrogen-bond donors (Lipinski definition) is 1. The van der Waals surface area contributed by atoms with Gasteiger partial charge in [-0.25, -0.2) is 19.4 Å². The van der Waals surface area contributed by atoms with Gasteiger partial charge in [-0.2, -0.15) is 4.98 Å². The molecule has 0 unspecified atom stereocenters. The number of rotatable bonds is 0. The van der Waals surface area contributed by atoms with Crippen LogP contribution in [0, 0.1) is 6.92 Å². The van der Waals surface area contributed by atoms with E-state index in [1.165, 1.54) is 4.52 Å². The second kappa shape index (κ2) is 1.91. The van der Waals surface area contributed by atoms with Gasteiger partial charge in [-0.05, 0) is 13.0 Å². The lowest BCUT2D eigenvalue weighted by atomic mass is 10.5. The number of nitrogens with zero attached hydrogens (tertiary/aromatic N) is 3. The zero-order valence-corrected chi connectivity index (χ0v) is 5.90. The Morgan fingerprint density at radius 2 is 2.36 bits per heavy atom. The van der Waals surface area contributed by atoms with Crippen LogP contribution in [0.3, 0.4) is 0 Å². The molecule has 2 rings (SSSR count). The molecule has 11 heavy (non-hydrogen) atoms. The molecule has 0 aliphatic rings. The average molecular weight is 150 g/mol. The van der Waals surface area contributed by atoms with Gasteiger partial charge >= 0.3 is 5.69 Å². The lowest BCUT2D eigenvalue weighted by Crippen LogP contribution is -2.01. The highest BCUT2D eigenvalue weighted by molar-refractivity contribution is 5.25. The first-order valence-corrected chi connectivity index (χ1v) is 3.18. The molecule has 0 spiro atoms. The molecule has 0 bridgehead atoms. The van der Waals surface area contributed by atoms with E-state index in [1.807, 2.05) is 6.92 Å². The molecule has 2 aromatic heterocycles. The molecule has 0 aromatic carbocycles. The maximum atomic E-state index is 10.7. The van der Waals surface area contributed by atoms with E-state index in [9.17, 15) is 4.79 Å². The van der Waals surface area contributed by atoms with E-state index in [1.54, 1.807) is 12.3 Å². The largest absolute Gasteiger partial charge is 0.363 e. The summed E-state index contributed by atoms with van der Waals surface area (Å²) in [6.07, 6.45) is 1.71. The molecule has 0 aliphatic carbocycles. The first kappa shape index (κ1) is 6.09. The molecule has 5 heteroatoms.